The zero-order chi connectivity index (χ0) is 7.40. The summed E-state index contributed by atoms with van der Waals surface area (Å²) in [7, 11) is 0. The van der Waals surface area contributed by atoms with Crippen LogP contribution in [0.2, 0.25) is 0 Å². The summed E-state index contributed by atoms with van der Waals surface area (Å²) in [6.45, 7) is 0. The third kappa shape index (κ3) is 1.86. The first-order valence-corrected chi connectivity index (χ1v) is 4.15. The van der Waals surface area contributed by atoms with Crippen LogP contribution in [0.25, 0.3) is 5.03 Å². The van der Waals surface area contributed by atoms with Crippen LogP contribution in [0.3, 0.4) is 0 Å². The molecule has 0 bridgehead atoms. The summed E-state index contributed by atoms with van der Waals surface area (Å²) in [6, 6.07) is 9.78. The van der Waals surface area contributed by atoms with Gasteiger partial charge in [-0.15, -0.1) is 0 Å². The fourth-order valence-electron chi connectivity index (χ4n) is 0.660. The van der Waals surface area contributed by atoms with Crippen molar-refractivity contribution >= 4 is 32.6 Å². The molecule has 0 fully saturated rings. The quantitative estimate of drug-likeness (QED) is 0.674. The largest absolute Gasteiger partial charge is 0.0831 e. The normalized spacial score (nSPS) is 11.6. The summed E-state index contributed by atoms with van der Waals surface area (Å²) in [5.41, 5.74) is 1.03. The molecule has 1 rings (SSSR count). The predicted octanol–water partition coefficient (Wildman–Crippen LogP) is 3.62. The molecule has 0 aromatic heterocycles. The molecule has 0 radical (unpaired) electrons. The molecule has 0 saturated heterocycles. The van der Waals surface area contributed by atoms with Gasteiger partial charge in [0.1, 0.15) is 0 Å². The lowest BCUT2D eigenvalue weighted by atomic mass is 10.2. The molecule has 2 heteroatoms. The molecule has 0 heterocycles. The first-order valence-electron chi connectivity index (χ1n) is 2.86. The molecule has 0 amide bonds. The fraction of sp³-hybridized carbons (Fsp3) is 0. The van der Waals surface area contributed by atoms with E-state index in [0.29, 0.717) is 0 Å². The lowest BCUT2D eigenvalue weighted by Crippen LogP contribution is -1.71. The van der Waals surface area contributed by atoms with Crippen molar-refractivity contribution in [2.75, 3.05) is 0 Å². The topological polar surface area (TPSA) is 0 Å². The second kappa shape index (κ2) is 3.79. The van der Waals surface area contributed by atoms with Crippen LogP contribution < -0.4 is 0 Å². The smallest absolute Gasteiger partial charge is 0.0547 e. The van der Waals surface area contributed by atoms with Crippen LogP contribution in [0, 0.1) is 0 Å². The van der Waals surface area contributed by atoms with Crippen molar-refractivity contribution in [2.24, 2.45) is 0 Å². The number of rotatable bonds is 1. The van der Waals surface area contributed by atoms with E-state index < -0.39 is 0 Å². The maximum atomic E-state index is 5.80. The van der Waals surface area contributed by atoms with Gasteiger partial charge in [-0.05, 0) is 5.56 Å². The second-order valence-electron chi connectivity index (χ2n) is 1.82. The Labute approximate surface area is 73.6 Å². The minimum atomic E-state index is 0.723. The van der Waals surface area contributed by atoms with E-state index in [0.717, 1.165) is 10.6 Å². The lowest BCUT2D eigenvalue weighted by Gasteiger charge is -1.94. The zero-order valence-electron chi connectivity index (χ0n) is 5.22. The molecule has 10 heavy (non-hydrogen) atoms. The van der Waals surface area contributed by atoms with Gasteiger partial charge < -0.3 is 0 Å². The van der Waals surface area contributed by atoms with Gasteiger partial charge in [0.2, 0.25) is 0 Å². The van der Waals surface area contributed by atoms with E-state index in [1.165, 1.54) is 0 Å². The standard InChI is InChI=1S/C8H6BrCl/c9-6-8(10)7-4-2-1-3-5-7/h1-6H/b8-6-. The molecule has 1 aromatic carbocycles. The van der Waals surface area contributed by atoms with E-state index in [2.05, 4.69) is 15.9 Å². The minimum Gasteiger partial charge on any atom is -0.0831 e. The summed E-state index contributed by atoms with van der Waals surface area (Å²) in [5.74, 6) is 0. The first kappa shape index (κ1) is 7.83. The maximum absolute atomic E-state index is 5.80. The molecule has 0 unspecified atom stereocenters. The molecule has 0 N–H and O–H groups in total. The van der Waals surface area contributed by atoms with Gasteiger partial charge in [0.25, 0.3) is 0 Å². The summed E-state index contributed by atoms with van der Waals surface area (Å²) >= 11 is 8.96. The second-order valence-corrected chi connectivity index (χ2v) is 2.69. The summed E-state index contributed by atoms with van der Waals surface area (Å²) in [6.07, 6.45) is 0. The Morgan fingerprint density at radius 3 is 2.40 bits per heavy atom. The number of hydrogen-bond donors (Lipinski definition) is 0. The van der Waals surface area contributed by atoms with Crippen LogP contribution >= 0.6 is 27.5 Å². The van der Waals surface area contributed by atoms with Crippen molar-refractivity contribution in [2.45, 2.75) is 0 Å². The van der Waals surface area contributed by atoms with Crippen molar-refractivity contribution in [3.63, 3.8) is 0 Å². The number of halogens is 2. The van der Waals surface area contributed by atoms with Crippen molar-refractivity contribution < 1.29 is 0 Å². The Balaban J connectivity index is 2.96. The average Bonchev–Trinajstić information content (AvgIpc) is 2.05. The van der Waals surface area contributed by atoms with Crippen LogP contribution in [0.1, 0.15) is 5.56 Å². The van der Waals surface area contributed by atoms with E-state index in [1.54, 1.807) is 4.99 Å². The van der Waals surface area contributed by atoms with Crippen LogP contribution in [0.5, 0.6) is 0 Å². The molecule has 52 valence electrons. The van der Waals surface area contributed by atoms with Gasteiger partial charge >= 0.3 is 0 Å². The Morgan fingerprint density at radius 1 is 1.30 bits per heavy atom. The van der Waals surface area contributed by atoms with E-state index in [-0.39, 0.29) is 0 Å². The molecule has 1 aromatic rings. The molecule has 0 aliphatic heterocycles. The van der Waals surface area contributed by atoms with Crippen LogP contribution in [0.4, 0.5) is 0 Å². The molecular weight excluding hydrogens is 211 g/mol. The number of hydrogen-bond acceptors (Lipinski definition) is 0. The highest BCUT2D eigenvalue weighted by molar-refractivity contribution is 9.11. The predicted molar refractivity (Wildman–Crippen MR) is 49.2 cm³/mol. The Kier molecular flexibility index (Phi) is 2.97. The molecule has 0 nitrogen and oxygen atoms in total. The monoisotopic (exact) mass is 216 g/mol. The van der Waals surface area contributed by atoms with E-state index >= 15 is 0 Å². The SMILES string of the molecule is Cl/C(=C\Br)c1ccccc1. The van der Waals surface area contributed by atoms with Gasteiger partial charge in [-0.3, -0.25) is 0 Å². The van der Waals surface area contributed by atoms with Crippen molar-refractivity contribution in [3.8, 4) is 0 Å². The van der Waals surface area contributed by atoms with E-state index in [4.69, 9.17) is 11.6 Å². The third-order valence-corrected chi connectivity index (χ3v) is 2.19. The summed E-state index contributed by atoms with van der Waals surface area (Å²) in [4.78, 5) is 1.70. The zero-order valence-corrected chi connectivity index (χ0v) is 7.56. The first-order chi connectivity index (χ1) is 4.84. The van der Waals surface area contributed by atoms with Crippen LogP contribution in [-0.4, -0.2) is 0 Å². The minimum absolute atomic E-state index is 0.723. The highest BCUT2D eigenvalue weighted by Gasteiger charge is 1.92. The number of benzene rings is 1. The maximum Gasteiger partial charge on any atom is 0.0547 e. The molecule has 0 saturated carbocycles. The Bertz CT molecular complexity index is 228. The molecule has 0 aliphatic carbocycles. The van der Waals surface area contributed by atoms with E-state index in [9.17, 15) is 0 Å². The average molecular weight is 217 g/mol. The van der Waals surface area contributed by atoms with Gasteiger partial charge in [-0.1, -0.05) is 57.9 Å². The summed E-state index contributed by atoms with van der Waals surface area (Å²) < 4.78 is 0. The molecule has 0 atom stereocenters. The van der Waals surface area contributed by atoms with Gasteiger partial charge in [-0.2, -0.15) is 0 Å². The Morgan fingerprint density at radius 2 is 1.90 bits per heavy atom. The van der Waals surface area contributed by atoms with Crippen molar-refractivity contribution in [1.29, 1.82) is 0 Å². The third-order valence-electron chi connectivity index (χ3n) is 1.15. The van der Waals surface area contributed by atoms with Crippen LogP contribution in [-0.2, 0) is 0 Å². The van der Waals surface area contributed by atoms with Gasteiger partial charge in [-0.25, -0.2) is 0 Å². The van der Waals surface area contributed by atoms with E-state index in [1.807, 2.05) is 30.3 Å². The highest BCUT2D eigenvalue weighted by Crippen LogP contribution is 2.18. The highest BCUT2D eigenvalue weighted by atomic mass is 79.9. The summed E-state index contributed by atoms with van der Waals surface area (Å²) in [5, 5.41) is 0.723. The van der Waals surface area contributed by atoms with Gasteiger partial charge in [0.15, 0.2) is 0 Å². The Hall–Kier alpha value is -0.270. The molecule has 0 spiro atoms. The van der Waals surface area contributed by atoms with Crippen molar-refractivity contribution in [3.05, 3.63) is 40.9 Å². The van der Waals surface area contributed by atoms with Crippen LogP contribution in [0.15, 0.2) is 35.3 Å². The molecular formula is C8H6BrCl. The lowest BCUT2D eigenvalue weighted by molar-refractivity contribution is 1.66. The fourth-order valence-corrected chi connectivity index (χ4v) is 1.05. The van der Waals surface area contributed by atoms with Gasteiger partial charge in [0, 0.05) is 4.99 Å². The van der Waals surface area contributed by atoms with Gasteiger partial charge in [0.05, 0.1) is 5.03 Å². The van der Waals surface area contributed by atoms with Crippen molar-refractivity contribution in [1.82, 2.24) is 0 Å². The molecule has 0 aliphatic rings.